The lowest BCUT2D eigenvalue weighted by atomic mass is 10.1. The van der Waals surface area contributed by atoms with Gasteiger partial charge in [-0.05, 0) is 0 Å². The molecule has 2 aromatic rings. The van der Waals surface area contributed by atoms with Gasteiger partial charge in [-0.1, -0.05) is 0 Å². The number of nitrogens with zero attached hydrogens (tertiary/aromatic N) is 4. The second-order valence-electron chi connectivity index (χ2n) is 4.32. The standard InChI is InChI=1S/C10H13N5O4/c11-8-4-1-12-3-13-9(4)15(14-8)10-7(18)6(17)5(2-16)19-10/h1,3,5-7,10,16-18H,2H2,(H2,11,14)/t5-,6-,7-,10?/m1/s1. The monoisotopic (exact) mass is 267 g/mol. The molecule has 19 heavy (non-hydrogen) atoms. The van der Waals surface area contributed by atoms with Crippen molar-refractivity contribution in [1.82, 2.24) is 19.7 Å². The highest BCUT2D eigenvalue weighted by atomic mass is 16.6. The second-order valence-corrected chi connectivity index (χ2v) is 4.32. The van der Waals surface area contributed by atoms with Crippen molar-refractivity contribution in [1.29, 1.82) is 0 Å². The molecule has 1 unspecified atom stereocenters. The predicted octanol–water partition coefficient (Wildman–Crippen LogP) is -1.98. The molecule has 102 valence electrons. The fourth-order valence-electron chi connectivity index (χ4n) is 2.16. The van der Waals surface area contributed by atoms with Crippen molar-refractivity contribution in [2.24, 2.45) is 0 Å². The van der Waals surface area contributed by atoms with E-state index in [2.05, 4.69) is 15.1 Å². The first-order chi connectivity index (χ1) is 9.13. The van der Waals surface area contributed by atoms with Crippen LogP contribution >= 0.6 is 0 Å². The van der Waals surface area contributed by atoms with E-state index >= 15 is 0 Å². The van der Waals surface area contributed by atoms with Crippen molar-refractivity contribution in [2.75, 3.05) is 12.3 Å². The van der Waals surface area contributed by atoms with Crippen molar-refractivity contribution >= 4 is 16.9 Å². The SMILES string of the molecule is Nc1nn(C2O[C@H](CO)[C@@H](O)[C@H]2O)c2ncncc12. The fraction of sp³-hybridized carbons (Fsp3) is 0.500. The van der Waals surface area contributed by atoms with Gasteiger partial charge in [0.15, 0.2) is 17.7 Å². The van der Waals surface area contributed by atoms with E-state index in [1.165, 1.54) is 17.2 Å². The van der Waals surface area contributed by atoms with Gasteiger partial charge >= 0.3 is 0 Å². The van der Waals surface area contributed by atoms with Crippen LogP contribution in [0.25, 0.3) is 11.0 Å². The van der Waals surface area contributed by atoms with Crippen LogP contribution in [0, 0.1) is 0 Å². The van der Waals surface area contributed by atoms with E-state index in [9.17, 15) is 10.2 Å². The van der Waals surface area contributed by atoms with Crippen LogP contribution in [0.1, 0.15) is 6.23 Å². The number of fused-ring (bicyclic) bond motifs is 1. The summed E-state index contributed by atoms with van der Waals surface area (Å²) in [6.07, 6.45) is -1.43. The van der Waals surface area contributed by atoms with E-state index in [-0.39, 0.29) is 5.82 Å². The molecular formula is C10H13N5O4. The lowest BCUT2D eigenvalue weighted by Crippen LogP contribution is -2.33. The Bertz CT molecular complexity index is 603. The number of aliphatic hydroxyl groups is 3. The van der Waals surface area contributed by atoms with Gasteiger partial charge in [0.2, 0.25) is 0 Å². The molecule has 4 atom stereocenters. The van der Waals surface area contributed by atoms with Crippen LogP contribution in [0.2, 0.25) is 0 Å². The smallest absolute Gasteiger partial charge is 0.181 e. The minimum Gasteiger partial charge on any atom is -0.394 e. The third-order valence-electron chi connectivity index (χ3n) is 3.16. The summed E-state index contributed by atoms with van der Waals surface area (Å²) in [5, 5.41) is 33.3. The summed E-state index contributed by atoms with van der Waals surface area (Å²) in [5.41, 5.74) is 6.12. The first kappa shape index (κ1) is 12.2. The summed E-state index contributed by atoms with van der Waals surface area (Å²) in [6, 6.07) is 0. The molecular weight excluding hydrogens is 254 g/mol. The zero-order chi connectivity index (χ0) is 13.6. The molecule has 0 bridgehead atoms. The van der Waals surface area contributed by atoms with Gasteiger partial charge in [0.1, 0.15) is 24.6 Å². The largest absolute Gasteiger partial charge is 0.394 e. The number of aliphatic hydroxyl groups excluding tert-OH is 3. The molecule has 1 aliphatic heterocycles. The van der Waals surface area contributed by atoms with E-state index in [1.54, 1.807) is 0 Å². The average Bonchev–Trinajstić information content (AvgIpc) is 2.90. The zero-order valence-electron chi connectivity index (χ0n) is 9.79. The Labute approximate surface area is 107 Å². The van der Waals surface area contributed by atoms with Crippen LogP contribution in [0.5, 0.6) is 0 Å². The maximum absolute atomic E-state index is 9.95. The highest BCUT2D eigenvalue weighted by Crippen LogP contribution is 2.31. The van der Waals surface area contributed by atoms with Crippen LogP contribution in [0.4, 0.5) is 5.82 Å². The Morgan fingerprint density at radius 3 is 2.84 bits per heavy atom. The third kappa shape index (κ3) is 1.75. The molecule has 5 N–H and O–H groups in total. The van der Waals surface area contributed by atoms with Crippen molar-refractivity contribution in [3.63, 3.8) is 0 Å². The quantitative estimate of drug-likeness (QED) is 0.491. The van der Waals surface area contributed by atoms with Crippen LogP contribution in [-0.2, 0) is 4.74 Å². The number of hydrogen-bond donors (Lipinski definition) is 4. The van der Waals surface area contributed by atoms with E-state index in [1.807, 2.05) is 0 Å². The van der Waals surface area contributed by atoms with Gasteiger partial charge in [-0.2, -0.15) is 5.10 Å². The van der Waals surface area contributed by atoms with Crippen molar-refractivity contribution in [3.05, 3.63) is 12.5 Å². The second kappa shape index (κ2) is 4.38. The predicted molar refractivity (Wildman–Crippen MR) is 62.7 cm³/mol. The van der Waals surface area contributed by atoms with Gasteiger partial charge in [-0.3, -0.25) is 0 Å². The molecule has 0 aliphatic carbocycles. The first-order valence-electron chi connectivity index (χ1n) is 5.69. The van der Waals surface area contributed by atoms with Gasteiger partial charge in [0, 0.05) is 6.20 Å². The molecule has 0 aromatic carbocycles. The highest BCUT2D eigenvalue weighted by Gasteiger charge is 2.44. The van der Waals surface area contributed by atoms with Gasteiger partial charge in [-0.25, -0.2) is 14.6 Å². The molecule has 0 radical (unpaired) electrons. The number of aromatic nitrogens is 4. The lowest BCUT2D eigenvalue weighted by Gasteiger charge is -2.15. The third-order valence-corrected chi connectivity index (χ3v) is 3.16. The number of nitrogen functional groups attached to an aromatic ring is 1. The number of hydrogen-bond acceptors (Lipinski definition) is 8. The van der Waals surface area contributed by atoms with E-state index < -0.39 is 31.1 Å². The van der Waals surface area contributed by atoms with E-state index in [0.29, 0.717) is 11.0 Å². The number of nitrogens with two attached hydrogens (primary N) is 1. The molecule has 9 nitrogen and oxygen atoms in total. The van der Waals surface area contributed by atoms with Gasteiger partial charge < -0.3 is 25.8 Å². The molecule has 0 amide bonds. The van der Waals surface area contributed by atoms with Gasteiger partial charge in [-0.15, -0.1) is 0 Å². The molecule has 1 aliphatic rings. The minimum atomic E-state index is -1.23. The molecule has 3 rings (SSSR count). The molecule has 9 heteroatoms. The first-order valence-corrected chi connectivity index (χ1v) is 5.69. The molecule has 1 saturated heterocycles. The molecule has 3 heterocycles. The highest BCUT2D eigenvalue weighted by molar-refractivity contribution is 5.85. The summed E-state index contributed by atoms with van der Waals surface area (Å²) in [7, 11) is 0. The van der Waals surface area contributed by atoms with Gasteiger partial charge in [0.05, 0.1) is 12.0 Å². The van der Waals surface area contributed by atoms with Crippen LogP contribution in [0.3, 0.4) is 0 Å². The van der Waals surface area contributed by atoms with Crippen molar-refractivity contribution < 1.29 is 20.1 Å². The summed E-state index contributed by atoms with van der Waals surface area (Å²) in [4.78, 5) is 7.87. The number of rotatable bonds is 2. The Morgan fingerprint density at radius 1 is 1.37 bits per heavy atom. The Morgan fingerprint density at radius 2 is 2.16 bits per heavy atom. The van der Waals surface area contributed by atoms with E-state index in [0.717, 1.165) is 0 Å². The topological polar surface area (TPSA) is 140 Å². The molecule has 2 aromatic heterocycles. The number of anilines is 1. The maximum Gasteiger partial charge on any atom is 0.181 e. The lowest BCUT2D eigenvalue weighted by molar-refractivity contribution is -0.0565. The summed E-state index contributed by atoms with van der Waals surface area (Å²) in [6.45, 7) is -0.404. The van der Waals surface area contributed by atoms with Crippen LogP contribution in [-0.4, -0.2) is 60.0 Å². The fourth-order valence-corrected chi connectivity index (χ4v) is 2.16. The Hall–Kier alpha value is -1.81. The summed E-state index contributed by atoms with van der Waals surface area (Å²) in [5.74, 6) is 0.202. The minimum absolute atomic E-state index is 0.202. The zero-order valence-corrected chi connectivity index (χ0v) is 9.79. The molecule has 0 saturated carbocycles. The van der Waals surface area contributed by atoms with Crippen molar-refractivity contribution in [3.8, 4) is 0 Å². The normalized spacial score (nSPS) is 31.1. The van der Waals surface area contributed by atoms with Crippen LogP contribution in [0.15, 0.2) is 12.5 Å². The molecule has 1 fully saturated rings. The number of ether oxygens (including phenoxy) is 1. The van der Waals surface area contributed by atoms with Gasteiger partial charge in [0.25, 0.3) is 0 Å². The summed E-state index contributed by atoms with van der Waals surface area (Å²) >= 11 is 0. The van der Waals surface area contributed by atoms with Crippen molar-refractivity contribution in [2.45, 2.75) is 24.5 Å². The Kier molecular flexibility index (Phi) is 2.82. The molecule has 0 spiro atoms. The van der Waals surface area contributed by atoms with E-state index in [4.69, 9.17) is 15.6 Å². The maximum atomic E-state index is 9.95. The summed E-state index contributed by atoms with van der Waals surface area (Å²) < 4.78 is 6.66. The average molecular weight is 267 g/mol. The van der Waals surface area contributed by atoms with Crippen LogP contribution < -0.4 is 5.73 Å². The Balaban J connectivity index is 2.06.